The van der Waals surface area contributed by atoms with Crippen LogP contribution in [0, 0.1) is 34.0 Å². The second kappa shape index (κ2) is 27.5. The highest BCUT2D eigenvalue weighted by molar-refractivity contribution is 5.77. The summed E-state index contributed by atoms with van der Waals surface area (Å²) in [6.45, 7) is 4.31. The normalized spacial score (nSPS) is 47.7. The first-order valence-electron chi connectivity index (χ1n) is 28.8. The molecule has 476 valence electrons. The summed E-state index contributed by atoms with van der Waals surface area (Å²) in [5, 5.41) is 159. The summed E-state index contributed by atoms with van der Waals surface area (Å²) < 4.78 is 61.0. The van der Waals surface area contributed by atoms with E-state index in [0.29, 0.717) is 51.4 Å². The number of aliphatic hydroxyl groups is 15. The largest absolute Gasteiger partial charge is 0.432 e. The van der Waals surface area contributed by atoms with Gasteiger partial charge in [0, 0.05) is 32.4 Å². The van der Waals surface area contributed by atoms with Gasteiger partial charge in [0.2, 0.25) is 6.29 Å². The Labute approximate surface area is 481 Å². The Hall–Kier alpha value is -2.41. The van der Waals surface area contributed by atoms with Gasteiger partial charge in [-0.1, -0.05) is 19.9 Å². The van der Waals surface area contributed by atoms with Gasteiger partial charge in [-0.15, -0.1) is 0 Å². The van der Waals surface area contributed by atoms with Crippen molar-refractivity contribution in [3.8, 4) is 0 Å². The molecule has 8 fully saturated rings. The van der Waals surface area contributed by atoms with E-state index in [0.717, 1.165) is 12.0 Å². The van der Waals surface area contributed by atoms with Crippen molar-refractivity contribution in [3.05, 3.63) is 12.2 Å². The SMILES string of the molecule is C=C1C[C@@]23CCC4[C@](C)(C(=O)O[C@@H]5OC(CO)[C@@H](O)[C@@H](O)C5O[C@@H]5OC(CO)[C@@H](O)[C@@H](O)C5O)CCC[C@@]4(C)[C@@H]2CC[C@]1(OC[C@@H]1OC(CO)[C@@H](O)[C@@H](COC[C@@H](C=NC)OC(CO)[C@@H](O)C=NC)C1O[C@@H]1OC(CO)[C@@H](O)[C@@H](O)C1O)C3. The van der Waals surface area contributed by atoms with Crippen molar-refractivity contribution in [2.45, 2.75) is 212 Å². The molecule has 28 nitrogen and oxygen atoms in total. The molecule has 4 aliphatic carbocycles. The monoisotopic (exact) mass is 1190 g/mol. The summed E-state index contributed by atoms with van der Waals surface area (Å²) >= 11 is 0. The van der Waals surface area contributed by atoms with Crippen LogP contribution in [0.2, 0.25) is 0 Å². The number of rotatable bonds is 23. The summed E-state index contributed by atoms with van der Waals surface area (Å²) in [6, 6.07) is 0. The average molecular weight is 1200 g/mol. The molecule has 29 atom stereocenters. The van der Waals surface area contributed by atoms with Crippen LogP contribution < -0.4 is 0 Å². The van der Waals surface area contributed by atoms with E-state index in [2.05, 4.69) is 23.5 Å². The first-order chi connectivity index (χ1) is 39.4. The van der Waals surface area contributed by atoms with Gasteiger partial charge in [-0.05, 0) is 86.5 Å². The third kappa shape index (κ3) is 12.9. The standard InChI is InChI=1S/C55H90N2O26/c1-25-13-54-11-7-35-52(2,9-6-10-53(35,3)51(73)83-50-47(43(70)40(67)33(20-62)80-50)82-49-45(72)42(69)39(66)32(19-61)79-49)36(54)8-12-55(25,24-54)75-23-34-46(81-48-44(71)41(68)38(65)31(18-60)78-48)27(37(64)30(17-59)77-34)22-74-21-26(14-56-4)76-29(16-58)28(63)15-57-5/h14-15,26-50,58-72H,1,6-13,16-24H2,2-5H3/t26-,27-,28+,29?,30?,31?,32?,33?,34+,35?,36+,37+,38-,39-,40-,41-,42-,43-,44?,45?,46?,47?,48+,49+,50+,52-,53-,54-,55+/m1/s1. The van der Waals surface area contributed by atoms with E-state index in [1.807, 2.05) is 6.92 Å². The molecule has 83 heavy (non-hydrogen) atoms. The lowest BCUT2D eigenvalue weighted by molar-refractivity contribution is -0.363. The Morgan fingerprint density at radius 1 is 0.651 bits per heavy atom. The van der Waals surface area contributed by atoms with Crippen LogP contribution in [0.25, 0.3) is 0 Å². The number of nitrogens with zero attached hydrogens (tertiary/aromatic N) is 2. The molecule has 8 aliphatic rings. The Bertz CT molecular complexity index is 2200. The zero-order valence-corrected chi connectivity index (χ0v) is 47.4. The van der Waals surface area contributed by atoms with Crippen molar-refractivity contribution in [2.24, 2.45) is 44.0 Å². The zero-order valence-electron chi connectivity index (χ0n) is 47.4. The minimum absolute atomic E-state index is 0.0472. The minimum Gasteiger partial charge on any atom is -0.432 e. The second-order valence-corrected chi connectivity index (χ2v) is 24.6. The Balaban J connectivity index is 0.999. The Morgan fingerprint density at radius 3 is 1.78 bits per heavy atom. The van der Waals surface area contributed by atoms with Crippen molar-refractivity contribution in [2.75, 3.05) is 67.0 Å². The number of esters is 1. The van der Waals surface area contributed by atoms with E-state index in [-0.39, 0.29) is 37.1 Å². The van der Waals surface area contributed by atoms with Gasteiger partial charge in [-0.2, -0.15) is 0 Å². The van der Waals surface area contributed by atoms with Crippen LogP contribution in [0.3, 0.4) is 0 Å². The predicted molar refractivity (Wildman–Crippen MR) is 283 cm³/mol. The van der Waals surface area contributed by atoms with Gasteiger partial charge in [0.1, 0.15) is 97.7 Å². The van der Waals surface area contributed by atoms with Crippen molar-refractivity contribution in [3.63, 3.8) is 0 Å². The number of fused-ring (bicyclic) bond motifs is 3. The smallest absolute Gasteiger partial charge is 0.314 e. The lowest BCUT2D eigenvalue weighted by Gasteiger charge is -2.64. The molecule has 0 aromatic rings. The second-order valence-electron chi connectivity index (χ2n) is 24.6. The Kier molecular flexibility index (Phi) is 22.1. The van der Waals surface area contributed by atoms with Gasteiger partial charge >= 0.3 is 5.97 Å². The molecule has 10 unspecified atom stereocenters. The molecule has 0 amide bonds. The molecule has 1 spiro atoms. The molecule has 0 aromatic heterocycles. The van der Waals surface area contributed by atoms with E-state index < -0.39 is 196 Å². The quantitative estimate of drug-likeness (QED) is 0.0258. The Morgan fingerprint density at radius 2 is 1.20 bits per heavy atom. The summed E-state index contributed by atoms with van der Waals surface area (Å²) in [4.78, 5) is 22.7. The van der Waals surface area contributed by atoms with Crippen LogP contribution in [-0.2, 0) is 52.2 Å². The molecular formula is C55H90N2O26. The number of aliphatic hydroxyl groups excluding tert-OH is 15. The van der Waals surface area contributed by atoms with E-state index in [1.54, 1.807) is 0 Å². The molecule has 4 aliphatic heterocycles. The van der Waals surface area contributed by atoms with Crippen LogP contribution in [0.4, 0.5) is 0 Å². The first kappa shape index (κ1) is 66.5. The molecule has 15 N–H and O–H groups in total. The number of carbonyl (C=O) groups excluding carboxylic acids is 1. The topological polar surface area (TPSA) is 438 Å². The van der Waals surface area contributed by atoms with E-state index >= 15 is 0 Å². The van der Waals surface area contributed by atoms with Crippen LogP contribution in [0.15, 0.2) is 22.1 Å². The number of hydrogen-bond acceptors (Lipinski definition) is 28. The highest BCUT2D eigenvalue weighted by Crippen LogP contribution is 2.73. The number of aliphatic imine (C=N–C) groups is 2. The molecule has 4 saturated carbocycles. The highest BCUT2D eigenvalue weighted by atomic mass is 16.8. The maximum absolute atomic E-state index is 14.9. The molecule has 28 heteroatoms. The van der Waals surface area contributed by atoms with Crippen molar-refractivity contribution >= 4 is 18.4 Å². The fourth-order valence-corrected chi connectivity index (χ4v) is 15.3. The maximum Gasteiger partial charge on any atom is 0.314 e. The van der Waals surface area contributed by atoms with Gasteiger partial charge in [0.15, 0.2) is 18.7 Å². The fourth-order valence-electron chi connectivity index (χ4n) is 15.3. The minimum atomic E-state index is -1.91. The van der Waals surface area contributed by atoms with Gasteiger partial charge in [0.05, 0.1) is 76.1 Å². The van der Waals surface area contributed by atoms with E-state index in [9.17, 15) is 81.4 Å². The third-order valence-corrected chi connectivity index (χ3v) is 19.7. The first-order valence-corrected chi connectivity index (χ1v) is 28.8. The van der Waals surface area contributed by atoms with Crippen molar-refractivity contribution in [1.82, 2.24) is 0 Å². The zero-order chi connectivity index (χ0) is 60.5. The van der Waals surface area contributed by atoms with Gasteiger partial charge < -0.3 is 124 Å². The molecule has 4 heterocycles. The molecule has 4 saturated heterocycles. The van der Waals surface area contributed by atoms with Crippen LogP contribution >= 0.6 is 0 Å². The van der Waals surface area contributed by atoms with Crippen LogP contribution in [-0.4, -0.2) is 302 Å². The molecule has 0 radical (unpaired) electrons. The molecule has 8 rings (SSSR count). The average Bonchev–Trinajstić information content (AvgIpc) is 1.75. The van der Waals surface area contributed by atoms with E-state index in [1.165, 1.54) is 26.5 Å². The number of carbonyl (C=O) groups is 1. The summed E-state index contributed by atoms with van der Waals surface area (Å²) in [6.07, 6.45) is -26.2. The van der Waals surface area contributed by atoms with Gasteiger partial charge in [0.25, 0.3) is 0 Å². The fraction of sp³-hybridized carbons (Fsp3) is 0.909. The van der Waals surface area contributed by atoms with E-state index in [4.69, 9.17) is 47.4 Å². The summed E-state index contributed by atoms with van der Waals surface area (Å²) in [5.41, 5.74) is -2.01. The van der Waals surface area contributed by atoms with Crippen molar-refractivity contribution in [1.29, 1.82) is 0 Å². The highest BCUT2D eigenvalue weighted by Gasteiger charge is 2.69. The molecular weight excluding hydrogens is 1100 g/mol. The predicted octanol–water partition coefficient (Wildman–Crippen LogP) is -5.29. The maximum atomic E-state index is 14.9. The summed E-state index contributed by atoms with van der Waals surface area (Å²) in [5.74, 6) is -1.98. The molecule has 0 aromatic carbocycles. The lowest BCUT2D eigenvalue weighted by Crippen LogP contribution is -2.65. The third-order valence-electron chi connectivity index (χ3n) is 19.7. The number of hydrogen-bond donors (Lipinski definition) is 15. The summed E-state index contributed by atoms with van der Waals surface area (Å²) in [7, 11) is 2.93. The van der Waals surface area contributed by atoms with Crippen LogP contribution in [0.5, 0.6) is 0 Å². The van der Waals surface area contributed by atoms with Crippen LogP contribution in [0.1, 0.15) is 71.6 Å². The van der Waals surface area contributed by atoms with Gasteiger partial charge in [-0.25, -0.2) is 0 Å². The number of ether oxygens (including phenoxy) is 10. The molecule has 2 bridgehead atoms. The van der Waals surface area contributed by atoms with Gasteiger partial charge in [-0.3, -0.25) is 14.8 Å². The lowest BCUT2D eigenvalue weighted by atomic mass is 9.41. The van der Waals surface area contributed by atoms with Crippen molar-refractivity contribution < 1.29 is 129 Å².